The molecule has 0 fully saturated rings. The molecule has 1 aromatic carbocycles. The van der Waals surface area contributed by atoms with Crippen LogP contribution in [0.2, 0.25) is 0 Å². The summed E-state index contributed by atoms with van der Waals surface area (Å²) in [5.41, 5.74) is 1.81. The van der Waals surface area contributed by atoms with Crippen LogP contribution in [0.25, 0.3) is 0 Å². The molecule has 4 nitrogen and oxygen atoms in total. The average molecular weight is 277 g/mol. The smallest absolute Gasteiger partial charge is 0.303 e. The lowest BCUT2D eigenvalue weighted by Crippen LogP contribution is -2.20. The van der Waals surface area contributed by atoms with Crippen molar-refractivity contribution in [2.45, 2.75) is 46.0 Å². The van der Waals surface area contributed by atoms with E-state index in [1.54, 1.807) is 6.92 Å². The number of hydrogen-bond donors (Lipinski definition) is 2. The van der Waals surface area contributed by atoms with Crippen molar-refractivity contribution in [1.82, 2.24) is 0 Å². The molecule has 0 aliphatic rings. The zero-order valence-corrected chi connectivity index (χ0v) is 12.6. The number of anilines is 1. The SMILES string of the molecule is C[C@H](CC(=O)O)CC(=O)Nc1ccccc1C(C)(C)C. The molecule has 0 heterocycles. The van der Waals surface area contributed by atoms with Crippen LogP contribution in [0.5, 0.6) is 0 Å². The van der Waals surface area contributed by atoms with Gasteiger partial charge in [0.1, 0.15) is 0 Å². The second kappa shape index (κ2) is 6.55. The van der Waals surface area contributed by atoms with Gasteiger partial charge < -0.3 is 10.4 Å². The van der Waals surface area contributed by atoms with Gasteiger partial charge in [0.05, 0.1) is 0 Å². The lowest BCUT2D eigenvalue weighted by molar-refractivity contribution is -0.138. The highest BCUT2D eigenvalue weighted by Crippen LogP contribution is 2.29. The normalized spacial score (nSPS) is 12.8. The van der Waals surface area contributed by atoms with Gasteiger partial charge in [-0.05, 0) is 23.0 Å². The van der Waals surface area contributed by atoms with Crippen molar-refractivity contribution in [2.75, 3.05) is 5.32 Å². The van der Waals surface area contributed by atoms with Crippen LogP contribution in [-0.2, 0) is 15.0 Å². The topological polar surface area (TPSA) is 66.4 Å². The highest BCUT2D eigenvalue weighted by molar-refractivity contribution is 5.92. The number of aliphatic carboxylic acids is 1. The summed E-state index contributed by atoms with van der Waals surface area (Å²) in [4.78, 5) is 22.6. The number of nitrogens with one attached hydrogen (secondary N) is 1. The summed E-state index contributed by atoms with van der Waals surface area (Å²) in [6.07, 6.45) is 0.221. The number of carbonyl (C=O) groups excluding carboxylic acids is 1. The predicted molar refractivity (Wildman–Crippen MR) is 79.8 cm³/mol. The first-order valence-electron chi connectivity index (χ1n) is 6.81. The van der Waals surface area contributed by atoms with Crippen molar-refractivity contribution >= 4 is 17.6 Å². The van der Waals surface area contributed by atoms with Crippen LogP contribution in [0, 0.1) is 5.92 Å². The largest absolute Gasteiger partial charge is 0.481 e. The van der Waals surface area contributed by atoms with Gasteiger partial charge >= 0.3 is 5.97 Å². The molecule has 1 atom stereocenters. The van der Waals surface area contributed by atoms with Crippen molar-refractivity contribution in [1.29, 1.82) is 0 Å². The maximum absolute atomic E-state index is 12.0. The maximum atomic E-state index is 12.0. The summed E-state index contributed by atoms with van der Waals surface area (Å²) in [6.45, 7) is 8.03. The fourth-order valence-corrected chi connectivity index (χ4v) is 2.13. The average Bonchev–Trinajstić information content (AvgIpc) is 2.26. The van der Waals surface area contributed by atoms with E-state index in [9.17, 15) is 9.59 Å². The number of para-hydroxylation sites is 1. The van der Waals surface area contributed by atoms with Crippen molar-refractivity contribution < 1.29 is 14.7 Å². The third-order valence-corrected chi connectivity index (χ3v) is 3.07. The van der Waals surface area contributed by atoms with Gasteiger partial charge in [0.25, 0.3) is 0 Å². The lowest BCUT2D eigenvalue weighted by atomic mass is 9.86. The minimum absolute atomic E-state index is 0.00827. The third kappa shape index (κ3) is 5.03. The van der Waals surface area contributed by atoms with Gasteiger partial charge in [-0.15, -0.1) is 0 Å². The van der Waals surface area contributed by atoms with E-state index >= 15 is 0 Å². The van der Waals surface area contributed by atoms with Crippen LogP contribution in [0.1, 0.15) is 46.1 Å². The number of benzene rings is 1. The molecule has 0 spiro atoms. The fourth-order valence-electron chi connectivity index (χ4n) is 2.13. The van der Waals surface area contributed by atoms with E-state index in [0.717, 1.165) is 11.3 Å². The van der Waals surface area contributed by atoms with Crippen molar-refractivity contribution in [3.63, 3.8) is 0 Å². The lowest BCUT2D eigenvalue weighted by Gasteiger charge is -2.23. The van der Waals surface area contributed by atoms with Crippen LogP contribution in [0.3, 0.4) is 0 Å². The Morgan fingerprint density at radius 1 is 1.20 bits per heavy atom. The summed E-state index contributed by atoms with van der Waals surface area (Å²) in [5, 5.41) is 11.6. The Morgan fingerprint density at radius 2 is 1.80 bits per heavy atom. The monoisotopic (exact) mass is 277 g/mol. The van der Waals surface area contributed by atoms with Gasteiger partial charge in [0.15, 0.2) is 0 Å². The van der Waals surface area contributed by atoms with E-state index in [2.05, 4.69) is 26.1 Å². The number of rotatable bonds is 5. The second-order valence-corrected chi connectivity index (χ2v) is 6.25. The van der Waals surface area contributed by atoms with Gasteiger partial charge in [-0.3, -0.25) is 9.59 Å². The Bertz CT molecular complexity index is 489. The molecule has 0 saturated carbocycles. The van der Waals surface area contributed by atoms with Gasteiger partial charge in [0, 0.05) is 18.5 Å². The van der Waals surface area contributed by atoms with Crippen LogP contribution in [0.4, 0.5) is 5.69 Å². The van der Waals surface area contributed by atoms with Crippen LogP contribution >= 0.6 is 0 Å². The van der Waals surface area contributed by atoms with Gasteiger partial charge in [-0.25, -0.2) is 0 Å². The number of hydrogen-bond acceptors (Lipinski definition) is 2. The van der Waals surface area contributed by atoms with Gasteiger partial charge in [-0.2, -0.15) is 0 Å². The number of carboxylic acids is 1. The Labute approximate surface area is 120 Å². The molecule has 0 saturated heterocycles. The molecular weight excluding hydrogens is 254 g/mol. The van der Waals surface area contributed by atoms with Crippen molar-refractivity contribution in [3.8, 4) is 0 Å². The highest BCUT2D eigenvalue weighted by Gasteiger charge is 2.19. The van der Waals surface area contributed by atoms with E-state index in [1.165, 1.54) is 0 Å². The Hall–Kier alpha value is -1.84. The number of carboxylic acid groups (broad SMARTS) is 1. The van der Waals surface area contributed by atoms with E-state index in [-0.39, 0.29) is 30.1 Å². The predicted octanol–water partition coefficient (Wildman–Crippen LogP) is 3.42. The Morgan fingerprint density at radius 3 is 2.35 bits per heavy atom. The van der Waals surface area contributed by atoms with E-state index < -0.39 is 5.97 Å². The first kappa shape index (κ1) is 16.2. The maximum Gasteiger partial charge on any atom is 0.303 e. The first-order valence-corrected chi connectivity index (χ1v) is 6.81. The van der Waals surface area contributed by atoms with Crippen molar-refractivity contribution in [3.05, 3.63) is 29.8 Å². The van der Waals surface area contributed by atoms with Crippen LogP contribution in [0.15, 0.2) is 24.3 Å². The van der Waals surface area contributed by atoms with Crippen molar-refractivity contribution in [2.24, 2.45) is 5.92 Å². The van der Waals surface area contributed by atoms with Crippen LogP contribution in [-0.4, -0.2) is 17.0 Å². The van der Waals surface area contributed by atoms with Gasteiger partial charge in [0.2, 0.25) is 5.91 Å². The fraction of sp³-hybridized carbons (Fsp3) is 0.500. The molecule has 0 bridgehead atoms. The minimum Gasteiger partial charge on any atom is -0.481 e. The minimum atomic E-state index is -0.875. The molecule has 20 heavy (non-hydrogen) atoms. The molecular formula is C16H23NO3. The van der Waals surface area contributed by atoms with E-state index in [0.29, 0.717) is 0 Å². The molecule has 2 N–H and O–H groups in total. The van der Waals surface area contributed by atoms with Crippen LogP contribution < -0.4 is 5.32 Å². The molecule has 0 aliphatic carbocycles. The number of amides is 1. The highest BCUT2D eigenvalue weighted by atomic mass is 16.4. The second-order valence-electron chi connectivity index (χ2n) is 6.25. The Kier molecular flexibility index (Phi) is 5.31. The molecule has 0 radical (unpaired) electrons. The molecule has 110 valence electrons. The standard InChI is InChI=1S/C16H23NO3/c1-11(10-15(19)20)9-14(18)17-13-8-6-5-7-12(13)16(2,3)4/h5-8,11H,9-10H2,1-4H3,(H,17,18)(H,19,20)/t11-/m0/s1. The number of carbonyl (C=O) groups is 2. The third-order valence-electron chi connectivity index (χ3n) is 3.07. The van der Waals surface area contributed by atoms with Gasteiger partial charge in [-0.1, -0.05) is 45.9 Å². The Balaban J connectivity index is 2.74. The summed E-state index contributed by atoms with van der Waals surface area (Å²) in [7, 11) is 0. The molecule has 4 heteroatoms. The molecule has 0 aromatic heterocycles. The first-order chi connectivity index (χ1) is 9.20. The van der Waals surface area contributed by atoms with E-state index in [1.807, 2.05) is 24.3 Å². The molecule has 0 aliphatic heterocycles. The summed E-state index contributed by atoms with van der Waals surface area (Å²) < 4.78 is 0. The quantitative estimate of drug-likeness (QED) is 0.866. The molecule has 1 aromatic rings. The zero-order chi connectivity index (χ0) is 15.3. The van der Waals surface area contributed by atoms with E-state index in [4.69, 9.17) is 5.11 Å². The molecule has 0 unspecified atom stereocenters. The summed E-state index contributed by atoms with van der Waals surface area (Å²) in [6, 6.07) is 7.70. The summed E-state index contributed by atoms with van der Waals surface area (Å²) >= 11 is 0. The summed E-state index contributed by atoms with van der Waals surface area (Å²) in [5.74, 6) is -1.19. The molecule has 1 amide bonds. The molecule has 1 rings (SSSR count). The zero-order valence-electron chi connectivity index (χ0n) is 12.6.